The first-order chi connectivity index (χ1) is 14.1. The lowest BCUT2D eigenvalue weighted by Gasteiger charge is -2.37. The Morgan fingerprint density at radius 3 is 2.27 bits per heavy atom. The maximum absolute atomic E-state index is 13.0. The van der Waals surface area contributed by atoms with Crippen molar-refractivity contribution >= 4 is 38.9 Å². The van der Waals surface area contributed by atoms with Crippen LogP contribution in [-0.4, -0.2) is 58.2 Å². The summed E-state index contributed by atoms with van der Waals surface area (Å²) < 4.78 is 26.1. The minimum atomic E-state index is -3.59. The van der Waals surface area contributed by atoms with Crippen LogP contribution >= 0.6 is 11.6 Å². The number of halogens is 1. The van der Waals surface area contributed by atoms with E-state index in [2.05, 4.69) is 4.90 Å². The molecule has 1 amide bonds. The molecule has 0 saturated carbocycles. The predicted octanol–water partition coefficient (Wildman–Crippen LogP) is 3.38. The number of carbonyl (C=O) groups excluding carboxylic acids is 1. The maximum Gasteiger partial charge on any atom is 0.243 e. The molecular formula is C22H28ClN3O3S. The van der Waals surface area contributed by atoms with Crippen molar-refractivity contribution in [1.29, 1.82) is 0 Å². The smallest absolute Gasteiger partial charge is 0.243 e. The third-order valence-corrected chi connectivity index (χ3v) is 6.82. The number of nitrogens with zero attached hydrogens (tertiary/aromatic N) is 3. The van der Waals surface area contributed by atoms with Crippen LogP contribution in [0.25, 0.3) is 0 Å². The summed E-state index contributed by atoms with van der Waals surface area (Å²) in [7, 11) is -3.59. The average Bonchev–Trinajstić information content (AvgIpc) is 2.69. The zero-order chi connectivity index (χ0) is 22.1. The normalized spacial score (nSPS) is 14.7. The van der Waals surface area contributed by atoms with E-state index in [-0.39, 0.29) is 12.5 Å². The van der Waals surface area contributed by atoms with Crippen molar-refractivity contribution in [1.82, 2.24) is 4.90 Å². The van der Waals surface area contributed by atoms with Gasteiger partial charge < -0.3 is 9.80 Å². The van der Waals surface area contributed by atoms with E-state index in [1.165, 1.54) is 4.31 Å². The third kappa shape index (κ3) is 5.08. The van der Waals surface area contributed by atoms with E-state index in [0.717, 1.165) is 28.6 Å². The van der Waals surface area contributed by atoms with Gasteiger partial charge in [-0.15, -0.1) is 0 Å². The average molecular weight is 450 g/mol. The fourth-order valence-corrected chi connectivity index (χ4v) is 4.78. The second-order valence-electron chi connectivity index (χ2n) is 7.86. The number of hydrogen-bond acceptors (Lipinski definition) is 4. The van der Waals surface area contributed by atoms with Crippen LogP contribution in [0.3, 0.4) is 0 Å². The Bertz CT molecular complexity index is 1050. The van der Waals surface area contributed by atoms with Crippen LogP contribution in [-0.2, 0) is 14.8 Å². The summed E-state index contributed by atoms with van der Waals surface area (Å²) >= 11 is 6.14. The Morgan fingerprint density at radius 1 is 1.00 bits per heavy atom. The highest BCUT2D eigenvalue weighted by Gasteiger charge is 2.27. The maximum atomic E-state index is 13.0. The van der Waals surface area contributed by atoms with Crippen LogP contribution in [0, 0.1) is 20.8 Å². The van der Waals surface area contributed by atoms with Gasteiger partial charge in [-0.25, -0.2) is 8.42 Å². The second-order valence-corrected chi connectivity index (χ2v) is 10.2. The zero-order valence-corrected chi connectivity index (χ0v) is 19.4. The minimum absolute atomic E-state index is 0.191. The molecule has 3 rings (SSSR count). The Labute approximate surface area is 184 Å². The van der Waals surface area contributed by atoms with Crippen molar-refractivity contribution in [3.8, 4) is 0 Å². The van der Waals surface area contributed by atoms with Gasteiger partial charge in [-0.1, -0.05) is 29.8 Å². The number of anilines is 2. The van der Waals surface area contributed by atoms with E-state index >= 15 is 0 Å². The predicted molar refractivity (Wildman–Crippen MR) is 123 cm³/mol. The molecular weight excluding hydrogens is 422 g/mol. The van der Waals surface area contributed by atoms with E-state index < -0.39 is 10.0 Å². The monoisotopic (exact) mass is 449 g/mol. The number of aryl methyl sites for hydroxylation is 3. The first kappa shape index (κ1) is 22.4. The number of carbonyl (C=O) groups is 1. The highest BCUT2D eigenvalue weighted by atomic mass is 35.5. The van der Waals surface area contributed by atoms with Crippen molar-refractivity contribution in [2.75, 3.05) is 48.2 Å². The van der Waals surface area contributed by atoms with Gasteiger partial charge >= 0.3 is 0 Å². The highest BCUT2D eigenvalue weighted by Crippen LogP contribution is 2.26. The summed E-state index contributed by atoms with van der Waals surface area (Å²) in [5, 5.41) is 0.687. The molecule has 1 heterocycles. The number of sulfonamides is 1. The molecule has 1 aliphatic heterocycles. The van der Waals surface area contributed by atoms with Gasteiger partial charge in [-0.2, -0.15) is 0 Å². The minimum Gasteiger partial charge on any atom is -0.368 e. The topological polar surface area (TPSA) is 60.9 Å². The Hall–Kier alpha value is -2.25. The van der Waals surface area contributed by atoms with Crippen molar-refractivity contribution in [2.24, 2.45) is 0 Å². The van der Waals surface area contributed by atoms with Crippen molar-refractivity contribution in [3.05, 3.63) is 58.1 Å². The third-order valence-electron chi connectivity index (χ3n) is 5.46. The van der Waals surface area contributed by atoms with Gasteiger partial charge in [-0.3, -0.25) is 9.10 Å². The second kappa shape index (κ2) is 8.86. The van der Waals surface area contributed by atoms with Gasteiger partial charge in [0.05, 0.1) is 11.9 Å². The number of rotatable bonds is 5. The zero-order valence-electron chi connectivity index (χ0n) is 17.9. The van der Waals surface area contributed by atoms with Crippen molar-refractivity contribution < 1.29 is 13.2 Å². The number of piperazine rings is 1. The van der Waals surface area contributed by atoms with Crippen LogP contribution in [0.2, 0.25) is 5.02 Å². The molecule has 0 bridgehead atoms. The molecule has 0 N–H and O–H groups in total. The van der Waals surface area contributed by atoms with E-state index in [1.807, 2.05) is 57.2 Å². The van der Waals surface area contributed by atoms with E-state index in [1.54, 1.807) is 4.90 Å². The molecule has 0 aromatic heterocycles. The number of amides is 1. The molecule has 1 saturated heterocycles. The SMILES string of the molecule is Cc1ccc(C)c(N(CC(=O)N2CCN(c3cc(Cl)ccc3C)CC2)S(C)(=O)=O)c1. The lowest BCUT2D eigenvalue weighted by atomic mass is 10.1. The van der Waals surface area contributed by atoms with Crippen molar-refractivity contribution in [2.45, 2.75) is 20.8 Å². The molecule has 6 nitrogen and oxygen atoms in total. The van der Waals surface area contributed by atoms with E-state index in [9.17, 15) is 13.2 Å². The van der Waals surface area contributed by atoms with Gasteiger partial charge in [0, 0.05) is 36.9 Å². The lowest BCUT2D eigenvalue weighted by molar-refractivity contribution is -0.129. The van der Waals surface area contributed by atoms with Crippen LogP contribution in [0.5, 0.6) is 0 Å². The molecule has 0 unspecified atom stereocenters. The van der Waals surface area contributed by atoms with Gasteiger partial charge in [0.15, 0.2) is 0 Å². The van der Waals surface area contributed by atoms with Gasteiger partial charge in [0.25, 0.3) is 0 Å². The van der Waals surface area contributed by atoms with Crippen LogP contribution < -0.4 is 9.21 Å². The Morgan fingerprint density at radius 2 is 1.63 bits per heavy atom. The molecule has 1 aliphatic rings. The fourth-order valence-electron chi connectivity index (χ4n) is 3.71. The fraction of sp³-hybridized carbons (Fsp3) is 0.409. The molecule has 2 aromatic rings. The summed E-state index contributed by atoms with van der Waals surface area (Å²) in [5.41, 5.74) is 4.53. The first-order valence-corrected chi connectivity index (χ1v) is 12.1. The molecule has 30 heavy (non-hydrogen) atoms. The largest absolute Gasteiger partial charge is 0.368 e. The molecule has 0 spiro atoms. The summed E-state index contributed by atoms with van der Waals surface area (Å²) in [4.78, 5) is 16.9. The first-order valence-electron chi connectivity index (χ1n) is 9.90. The van der Waals surface area contributed by atoms with Crippen LogP contribution in [0.4, 0.5) is 11.4 Å². The van der Waals surface area contributed by atoms with Crippen LogP contribution in [0.15, 0.2) is 36.4 Å². The van der Waals surface area contributed by atoms with Crippen molar-refractivity contribution in [3.63, 3.8) is 0 Å². The van der Waals surface area contributed by atoms with Gasteiger partial charge in [0.2, 0.25) is 15.9 Å². The summed E-state index contributed by atoms with van der Waals surface area (Å²) in [6.07, 6.45) is 1.14. The molecule has 162 valence electrons. The Balaban J connectivity index is 1.72. The molecule has 8 heteroatoms. The molecule has 0 aliphatic carbocycles. The van der Waals surface area contributed by atoms with E-state index in [4.69, 9.17) is 11.6 Å². The molecule has 2 aromatic carbocycles. The molecule has 0 atom stereocenters. The number of hydrogen-bond donors (Lipinski definition) is 0. The molecule has 1 fully saturated rings. The lowest BCUT2D eigenvalue weighted by Crippen LogP contribution is -2.52. The number of benzene rings is 2. The van der Waals surface area contributed by atoms with Gasteiger partial charge in [0.1, 0.15) is 6.54 Å². The summed E-state index contributed by atoms with van der Waals surface area (Å²) in [6, 6.07) is 11.4. The van der Waals surface area contributed by atoms with E-state index in [0.29, 0.717) is 36.9 Å². The molecule has 0 radical (unpaired) electrons. The summed E-state index contributed by atoms with van der Waals surface area (Å²) in [5.74, 6) is -0.191. The Kier molecular flexibility index (Phi) is 6.62. The van der Waals surface area contributed by atoms with Crippen LogP contribution in [0.1, 0.15) is 16.7 Å². The quantitative estimate of drug-likeness (QED) is 0.702. The standard InChI is InChI=1S/C22H28ClN3O3S/c1-16-5-6-18(3)21(13-16)26(30(4,28)29)15-22(27)25-11-9-24(10-12-25)20-14-19(23)8-7-17(20)2/h5-8,13-14H,9-12,15H2,1-4H3. The summed E-state index contributed by atoms with van der Waals surface area (Å²) in [6.45, 7) is 8.03. The van der Waals surface area contributed by atoms with Gasteiger partial charge in [-0.05, 0) is 55.7 Å². The highest BCUT2D eigenvalue weighted by molar-refractivity contribution is 7.92.